The molecule has 0 atom stereocenters. The minimum Gasteiger partial charge on any atom is -0.497 e. The summed E-state index contributed by atoms with van der Waals surface area (Å²) in [5.41, 5.74) is 3.56. The van der Waals surface area contributed by atoms with E-state index < -0.39 is 0 Å². The number of H-pyrrole nitrogens is 1. The smallest absolute Gasteiger partial charge is 0.118 e. The fourth-order valence-corrected chi connectivity index (χ4v) is 3.41. The summed E-state index contributed by atoms with van der Waals surface area (Å²) in [7, 11) is 1.69. The van der Waals surface area contributed by atoms with Gasteiger partial charge >= 0.3 is 0 Å². The van der Waals surface area contributed by atoms with E-state index in [0.29, 0.717) is 0 Å². The molecule has 2 aromatic rings. The normalized spacial score (nSPS) is 19.9. The van der Waals surface area contributed by atoms with Crippen LogP contribution in [0.15, 0.2) is 30.5 Å². The number of aromatic nitrogens is 2. The summed E-state index contributed by atoms with van der Waals surface area (Å²) >= 11 is 0. The van der Waals surface area contributed by atoms with Crippen LogP contribution >= 0.6 is 0 Å². The lowest BCUT2D eigenvalue weighted by atomic mass is 10.1. The van der Waals surface area contributed by atoms with E-state index >= 15 is 0 Å². The Labute approximate surface area is 137 Å². The Hall–Kier alpha value is -1.85. The van der Waals surface area contributed by atoms with E-state index in [2.05, 4.69) is 32.1 Å². The Morgan fingerprint density at radius 2 is 1.87 bits per heavy atom. The lowest BCUT2D eigenvalue weighted by Gasteiger charge is -2.34. The molecule has 1 N–H and O–H groups in total. The highest BCUT2D eigenvalue weighted by atomic mass is 16.5. The van der Waals surface area contributed by atoms with Crippen LogP contribution in [0.1, 0.15) is 18.4 Å². The fourth-order valence-electron chi connectivity index (χ4n) is 3.41. The van der Waals surface area contributed by atoms with Crippen LogP contribution in [0, 0.1) is 0 Å². The fraction of sp³-hybridized carbons (Fsp3) is 0.500. The number of ether oxygens (including phenoxy) is 1. The van der Waals surface area contributed by atoms with Gasteiger partial charge in [-0.25, -0.2) is 0 Å². The molecular weight excluding hydrogens is 288 g/mol. The molecular formula is C18H24N4O. The molecule has 0 unspecified atom stereocenters. The predicted octanol–water partition coefficient (Wildman–Crippen LogP) is 2.37. The Morgan fingerprint density at radius 3 is 2.52 bits per heavy atom. The SMILES string of the molecule is COc1ccc(-c2[nH]ncc2CN2CCN(C3CC3)CC2)cc1. The Balaban J connectivity index is 1.42. The third-order valence-electron chi connectivity index (χ3n) is 4.96. The molecule has 1 aromatic carbocycles. The zero-order valence-corrected chi connectivity index (χ0v) is 13.7. The van der Waals surface area contributed by atoms with Crippen molar-refractivity contribution in [2.75, 3.05) is 33.3 Å². The summed E-state index contributed by atoms with van der Waals surface area (Å²) in [4.78, 5) is 5.19. The van der Waals surface area contributed by atoms with Crippen LogP contribution in [0.4, 0.5) is 0 Å². The van der Waals surface area contributed by atoms with Gasteiger partial charge in [-0.05, 0) is 37.1 Å². The Kier molecular flexibility index (Phi) is 4.06. The number of hydrogen-bond donors (Lipinski definition) is 1. The van der Waals surface area contributed by atoms with E-state index in [1.165, 1.54) is 31.5 Å². The third kappa shape index (κ3) is 3.26. The van der Waals surface area contributed by atoms with Crippen molar-refractivity contribution in [3.8, 4) is 17.0 Å². The molecule has 122 valence electrons. The largest absolute Gasteiger partial charge is 0.497 e. The molecule has 1 aromatic heterocycles. The van der Waals surface area contributed by atoms with Gasteiger partial charge in [-0.2, -0.15) is 5.10 Å². The van der Waals surface area contributed by atoms with Gasteiger partial charge < -0.3 is 4.74 Å². The van der Waals surface area contributed by atoms with Gasteiger partial charge in [0.15, 0.2) is 0 Å². The van der Waals surface area contributed by atoms with E-state index in [0.717, 1.165) is 42.7 Å². The minimum absolute atomic E-state index is 0.881. The van der Waals surface area contributed by atoms with Gasteiger partial charge in [0, 0.05) is 49.9 Å². The lowest BCUT2D eigenvalue weighted by molar-refractivity contribution is 0.121. The van der Waals surface area contributed by atoms with Crippen molar-refractivity contribution >= 4 is 0 Å². The maximum atomic E-state index is 5.23. The molecule has 2 aliphatic rings. The van der Waals surface area contributed by atoms with E-state index in [-0.39, 0.29) is 0 Å². The monoisotopic (exact) mass is 312 g/mol. The Morgan fingerprint density at radius 1 is 1.13 bits per heavy atom. The molecule has 0 spiro atoms. The number of benzene rings is 1. The van der Waals surface area contributed by atoms with Crippen LogP contribution in [-0.2, 0) is 6.54 Å². The van der Waals surface area contributed by atoms with Crippen LogP contribution in [0.3, 0.4) is 0 Å². The van der Waals surface area contributed by atoms with Crippen LogP contribution in [-0.4, -0.2) is 59.3 Å². The van der Waals surface area contributed by atoms with E-state index in [9.17, 15) is 0 Å². The van der Waals surface area contributed by atoms with Gasteiger partial charge in [-0.1, -0.05) is 0 Å². The second kappa shape index (κ2) is 6.34. The predicted molar refractivity (Wildman–Crippen MR) is 90.4 cm³/mol. The lowest BCUT2D eigenvalue weighted by Crippen LogP contribution is -2.46. The molecule has 1 aliphatic heterocycles. The molecule has 0 amide bonds. The molecule has 5 heteroatoms. The number of rotatable bonds is 5. The van der Waals surface area contributed by atoms with Gasteiger partial charge in [0.2, 0.25) is 0 Å². The summed E-state index contributed by atoms with van der Waals surface area (Å²) in [6.45, 7) is 5.70. The van der Waals surface area contributed by atoms with Gasteiger partial charge in [0.05, 0.1) is 19.0 Å². The summed E-state index contributed by atoms with van der Waals surface area (Å²) in [5, 5.41) is 7.42. The zero-order valence-electron chi connectivity index (χ0n) is 13.7. The van der Waals surface area contributed by atoms with Gasteiger partial charge in [-0.15, -0.1) is 0 Å². The maximum Gasteiger partial charge on any atom is 0.118 e. The molecule has 1 saturated heterocycles. The van der Waals surface area contributed by atoms with Gasteiger partial charge in [0.1, 0.15) is 5.75 Å². The van der Waals surface area contributed by atoms with Crippen LogP contribution in [0.25, 0.3) is 11.3 Å². The van der Waals surface area contributed by atoms with Gasteiger partial charge in [-0.3, -0.25) is 14.9 Å². The highest BCUT2D eigenvalue weighted by molar-refractivity contribution is 5.63. The standard InChI is InChI=1S/C18H24N4O/c1-23-17-6-2-14(3-7-17)18-15(12-19-20-18)13-21-8-10-22(11-9-21)16-4-5-16/h2-3,6-7,12,16H,4-5,8-11,13H2,1H3,(H,19,20). The van der Waals surface area contributed by atoms with E-state index in [1.807, 2.05) is 18.3 Å². The first-order chi connectivity index (χ1) is 11.3. The number of aromatic amines is 1. The van der Waals surface area contributed by atoms with E-state index in [1.54, 1.807) is 7.11 Å². The number of methoxy groups -OCH3 is 1. The number of hydrogen-bond acceptors (Lipinski definition) is 4. The van der Waals surface area contributed by atoms with Crippen LogP contribution < -0.4 is 4.74 Å². The van der Waals surface area contributed by atoms with Crippen molar-refractivity contribution in [1.82, 2.24) is 20.0 Å². The molecule has 0 radical (unpaired) electrons. The summed E-state index contributed by atoms with van der Waals surface area (Å²) in [6, 6.07) is 9.05. The molecule has 0 bridgehead atoms. The van der Waals surface area contributed by atoms with E-state index in [4.69, 9.17) is 4.74 Å². The highest BCUT2D eigenvalue weighted by Gasteiger charge is 2.31. The number of piperazine rings is 1. The van der Waals surface area contributed by atoms with Crippen molar-refractivity contribution in [3.63, 3.8) is 0 Å². The molecule has 23 heavy (non-hydrogen) atoms. The van der Waals surface area contributed by atoms with Gasteiger partial charge in [0.25, 0.3) is 0 Å². The van der Waals surface area contributed by atoms with Crippen LogP contribution in [0.2, 0.25) is 0 Å². The number of nitrogens with zero attached hydrogens (tertiary/aromatic N) is 3. The molecule has 1 aliphatic carbocycles. The highest BCUT2D eigenvalue weighted by Crippen LogP contribution is 2.28. The Bertz CT molecular complexity index is 639. The first kappa shape index (κ1) is 14.7. The zero-order chi connectivity index (χ0) is 15.6. The second-order valence-electron chi connectivity index (χ2n) is 6.54. The van der Waals surface area contributed by atoms with Crippen molar-refractivity contribution in [1.29, 1.82) is 0 Å². The first-order valence-corrected chi connectivity index (χ1v) is 8.46. The molecule has 4 rings (SSSR count). The minimum atomic E-state index is 0.881. The number of nitrogens with one attached hydrogen (secondary N) is 1. The molecule has 5 nitrogen and oxygen atoms in total. The molecule has 1 saturated carbocycles. The topological polar surface area (TPSA) is 44.4 Å². The summed E-state index contributed by atoms with van der Waals surface area (Å²) in [6.07, 6.45) is 4.78. The first-order valence-electron chi connectivity index (χ1n) is 8.46. The van der Waals surface area contributed by atoms with Crippen LogP contribution in [0.5, 0.6) is 5.75 Å². The van der Waals surface area contributed by atoms with Crippen molar-refractivity contribution in [2.24, 2.45) is 0 Å². The molecule has 2 fully saturated rings. The van der Waals surface area contributed by atoms with Crippen molar-refractivity contribution in [2.45, 2.75) is 25.4 Å². The third-order valence-corrected chi connectivity index (χ3v) is 4.96. The van der Waals surface area contributed by atoms with Crippen molar-refractivity contribution < 1.29 is 4.74 Å². The summed E-state index contributed by atoms with van der Waals surface area (Å²) in [5.74, 6) is 0.881. The van der Waals surface area contributed by atoms with Crippen molar-refractivity contribution in [3.05, 3.63) is 36.0 Å². The summed E-state index contributed by atoms with van der Waals surface area (Å²) < 4.78 is 5.23. The maximum absolute atomic E-state index is 5.23. The quantitative estimate of drug-likeness (QED) is 0.920. The average molecular weight is 312 g/mol. The second-order valence-corrected chi connectivity index (χ2v) is 6.54. The molecule has 2 heterocycles. The average Bonchev–Trinajstić information content (AvgIpc) is 3.35.